The Morgan fingerprint density at radius 2 is 1.47 bits per heavy atom. The van der Waals surface area contributed by atoms with Crippen molar-refractivity contribution >= 4 is 0 Å². The van der Waals surface area contributed by atoms with E-state index >= 15 is 0 Å². The summed E-state index contributed by atoms with van der Waals surface area (Å²) in [6.45, 7) is 4.49. The summed E-state index contributed by atoms with van der Waals surface area (Å²) >= 11 is 0. The second kappa shape index (κ2) is 7.10. The van der Waals surface area contributed by atoms with Crippen LogP contribution < -0.4 is 5.32 Å². The molecular weight excluding hydrogens is 230 g/mol. The van der Waals surface area contributed by atoms with E-state index < -0.39 is 0 Å². The third-order valence-electron chi connectivity index (χ3n) is 3.60. The van der Waals surface area contributed by atoms with Crippen LogP contribution in [-0.4, -0.2) is 6.04 Å². The van der Waals surface area contributed by atoms with E-state index in [0.717, 1.165) is 12.8 Å². The van der Waals surface area contributed by atoms with Crippen LogP contribution in [0.25, 0.3) is 0 Å². The lowest BCUT2D eigenvalue weighted by molar-refractivity contribution is 0.440. The van der Waals surface area contributed by atoms with Gasteiger partial charge in [-0.3, -0.25) is 0 Å². The van der Waals surface area contributed by atoms with Crippen LogP contribution in [0.2, 0.25) is 0 Å². The Hall–Kier alpha value is -1.60. The van der Waals surface area contributed by atoms with Gasteiger partial charge in [0.05, 0.1) is 0 Å². The molecule has 19 heavy (non-hydrogen) atoms. The van der Waals surface area contributed by atoms with E-state index in [1.807, 2.05) is 0 Å². The Balaban J connectivity index is 1.96. The average molecular weight is 253 g/mol. The third-order valence-corrected chi connectivity index (χ3v) is 3.60. The molecule has 0 heterocycles. The molecule has 0 saturated carbocycles. The van der Waals surface area contributed by atoms with Crippen LogP contribution >= 0.6 is 0 Å². The van der Waals surface area contributed by atoms with Crippen LogP contribution in [0, 0.1) is 0 Å². The summed E-state index contributed by atoms with van der Waals surface area (Å²) in [6.07, 6.45) is 2.24. The topological polar surface area (TPSA) is 12.0 Å². The van der Waals surface area contributed by atoms with Crippen LogP contribution in [0.15, 0.2) is 60.7 Å². The predicted octanol–water partition coefficient (Wildman–Crippen LogP) is 4.36. The molecule has 1 nitrogen and oxygen atoms in total. The number of hydrogen-bond acceptors (Lipinski definition) is 1. The second-order valence-corrected chi connectivity index (χ2v) is 5.09. The second-order valence-electron chi connectivity index (χ2n) is 5.09. The van der Waals surface area contributed by atoms with Crippen LogP contribution in [0.4, 0.5) is 0 Å². The molecule has 0 bridgehead atoms. The van der Waals surface area contributed by atoms with Gasteiger partial charge in [-0.2, -0.15) is 0 Å². The Morgan fingerprint density at radius 1 is 0.895 bits per heavy atom. The van der Waals surface area contributed by atoms with Crippen LogP contribution in [0.5, 0.6) is 0 Å². The maximum atomic E-state index is 3.73. The van der Waals surface area contributed by atoms with E-state index in [-0.39, 0.29) is 0 Å². The largest absolute Gasteiger partial charge is 0.307 e. The molecule has 0 radical (unpaired) electrons. The minimum Gasteiger partial charge on any atom is -0.307 e. The summed E-state index contributed by atoms with van der Waals surface area (Å²) in [5.74, 6) is 0. The molecule has 0 aromatic heterocycles. The fourth-order valence-electron chi connectivity index (χ4n) is 2.41. The normalized spacial score (nSPS) is 14.0. The molecule has 1 N–H and O–H groups in total. The molecule has 1 heteroatoms. The Bertz CT molecular complexity index is 464. The molecule has 0 fully saturated rings. The molecule has 0 saturated heterocycles. The fourth-order valence-corrected chi connectivity index (χ4v) is 2.41. The smallest absolute Gasteiger partial charge is 0.0294 e. The number of nitrogens with one attached hydrogen (secondary N) is 1. The van der Waals surface area contributed by atoms with Gasteiger partial charge in [0.25, 0.3) is 0 Å². The average Bonchev–Trinajstić information content (AvgIpc) is 2.48. The first-order valence-corrected chi connectivity index (χ1v) is 7.14. The lowest BCUT2D eigenvalue weighted by Crippen LogP contribution is -2.32. The monoisotopic (exact) mass is 253 g/mol. The Morgan fingerprint density at radius 3 is 2.05 bits per heavy atom. The van der Waals surface area contributed by atoms with Gasteiger partial charge in [0, 0.05) is 12.1 Å². The Labute approximate surface area is 116 Å². The fraction of sp³-hybridized carbons (Fsp3) is 0.333. The highest BCUT2D eigenvalue weighted by molar-refractivity contribution is 5.19. The highest BCUT2D eigenvalue weighted by Crippen LogP contribution is 2.14. The quantitative estimate of drug-likeness (QED) is 0.806. The lowest BCUT2D eigenvalue weighted by Gasteiger charge is -2.22. The van der Waals surface area contributed by atoms with E-state index in [0.29, 0.717) is 12.1 Å². The van der Waals surface area contributed by atoms with Crippen molar-refractivity contribution in [3.63, 3.8) is 0 Å². The third kappa shape index (κ3) is 4.22. The molecule has 0 aliphatic heterocycles. The molecule has 2 rings (SSSR count). The standard InChI is InChI=1S/C18H23N/c1-3-18(14-16-10-6-4-7-11-16)19-15(2)17-12-8-5-9-13-17/h4-13,15,18-19H,3,14H2,1-2H3/t15-,18?/m0/s1. The number of hydrogen-bond donors (Lipinski definition) is 1. The zero-order valence-corrected chi connectivity index (χ0v) is 11.8. The number of rotatable bonds is 6. The van der Waals surface area contributed by atoms with Gasteiger partial charge in [-0.25, -0.2) is 0 Å². The highest BCUT2D eigenvalue weighted by Gasteiger charge is 2.12. The van der Waals surface area contributed by atoms with Crippen molar-refractivity contribution < 1.29 is 0 Å². The summed E-state index contributed by atoms with van der Waals surface area (Å²) in [4.78, 5) is 0. The lowest BCUT2D eigenvalue weighted by atomic mass is 10.0. The predicted molar refractivity (Wildman–Crippen MR) is 82.2 cm³/mol. The summed E-state index contributed by atoms with van der Waals surface area (Å²) in [7, 11) is 0. The van der Waals surface area contributed by atoms with E-state index in [4.69, 9.17) is 0 Å². The van der Waals surface area contributed by atoms with Crippen molar-refractivity contribution in [2.24, 2.45) is 0 Å². The van der Waals surface area contributed by atoms with E-state index in [1.165, 1.54) is 11.1 Å². The van der Waals surface area contributed by atoms with E-state index in [2.05, 4.69) is 79.8 Å². The van der Waals surface area contributed by atoms with Crippen molar-refractivity contribution in [3.8, 4) is 0 Å². The SMILES string of the molecule is CCC(Cc1ccccc1)N[C@@H](C)c1ccccc1. The molecule has 2 aromatic carbocycles. The van der Waals surface area contributed by atoms with Gasteiger partial charge in [-0.15, -0.1) is 0 Å². The summed E-state index contributed by atoms with van der Waals surface area (Å²) < 4.78 is 0. The zero-order chi connectivity index (χ0) is 13.5. The molecule has 0 amide bonds. The zero-order valence-electron chi connectivity index (χ0n) is 11.8. The van der Waals surface area contributed by atoms with E-state index in [1.54, 1.807) is 0 Å². The van der Waals surface area contributed by atoms with Crippen molar-refractivity contribution in [3.05, 3.63) is 71.8 Å². The first-order chi connectivity index (χ1) is 9.29. The van der Waals surface area contributed by atoms with Crippen molar-refractivity contribution in [1.29, 1.82) is 0 Å². The maximum Gasteiger partial charge on any atom is 0.0294 e. The van der Waals surface area contributed by atoms with Gasteiger partial charge in [-0.05, 0) is 30.9 Å². The van der Waals surface area contributed by atoms with Gasteiger partial charge in [-0.1, -0.05) is 67.6 Å². The Kier molecular flexibility index (Phi) is 5.17. The first-order valence-electron chi connectivity index (χ1n) is 7.14. The van der Waals surface area contributed by atoms with Gasteiger partial charge in [0.15, 0.2) is 0 Å². The molecule has 2 aromatic rings. The van der Waals surface area contributed by atoms with Gasteiger partial charge >= 0.3 is 0 Å². The molecular formula is C18H23N. The summed E-state index contributed by atoms with van der Waals surface area (Å²) in [5.41, 5.74) is 2.76. The van der Waals surface area contributed by atoms with E-state index in [9.17, 15) is 0 Å². The highest BCUT2D eigenvalue weighted by atomic mass is 14.9. The van der Waals surface area contributed by atoms with Gasteiger partial charge in [0.2, 0.25) is 0 Å². The maximum absolute atomic E-state index is 3.73. The number of benzene rings is 2. The molecule has 0 aliphatic carbocycles. The minimum atomic E-state index is 0.398. The van der Waals surface area contributed by atoms with Crippen LogP contribution in [0.3, 0.4) is 0 Å². The van der Waals surface area contributed by atoms with Crippen molar-refractivity contribution in [1.82, 2.24) is 5.32 Å². The summed E-state index contributed by atoms with van der Waals surface area (Å²) in [5, 5.41) is 3.73. The van der Waals surface area contributed by atoms with Gasteiger partial charge in [0.1, 0.15) is 0 Å². The first kappa shape index (κ1) is 13.8. The molecule has 1 unspecified atom stereocenters. The minimum absolute atomic E-state index is 0.398. The van der Waals surface area contributed by atoms with Gasteiger partial charge < -0.3 is 5.32 Å². The summed E-state index contributed by atoms with van der Waals surface area (Å²) in [6, 6.07) is 22.3. The molecule has 100 valence electrons. The van der Waals surface area contributed by atoms with Crippen molar-refractivity contribution in [2.75, 3.05) is 0 Å². The van der Waals surface area contributed by atoms with Crippen LogP contribution in [0.1, 0.15) is 37.4 Å². The molecule has 0 aliphatic rings. The van der Waals surface area contributed by atoms with Crippen LogP contribution in [-0.2, 0) is 6.42 Å². The molecule has 2 atom stereocenters. The van der Waals surface area contributed by atoms with Crippen molar-refractivity contribution in [2.45, 2.75) is 38.8 Å². The molecule has 0 spiro atoms.